The number of hydrogen-bond donors (Lipinski definition) is 1. The largest absolute Gasteiger partial charge is 0.461 e. The van der Waals surface area contributed by atoms with Crippen molar-refractivity contribution in [3.05, 3.63) is 11.1 Å². The van der Waals surface area contributed by atoms with E-state index >= 15 is 0 Å². The monoisotopic (exact) mass is 512 g/mol. The van der Waals surface area contributed by atoms with Gasteiger partial charge < -0.3 is 14.6 Å². The molecule has 37 heavy (non-hydrogen) atoms. The molecule has 1 aliphatic heterocycles. The van der Waals surface area contributed by atoms with E-state index < -0.39 is 11.5 Å². The summed E-state index contributed by atoms with van der Waals surface area (Å²) < 4.78 is 12.2. The zero-order chi connectivity index (χ0) is 26.5. The zero-order valence-corrected chi connectivity index (χ0v) is 23.9. The summed E-state index contributed by atoms with van der Waals surface area (Å²) in [7, 11) is 0. The first-order valence-corrected chi connectivity index (χ1v) is 15.2. The molecule has 0 amide bonds. The van der Waals surface area contributed by atoms with E-state index in [1.54, 1.807) is 0 Å². The third kappa shape index (κ3) is 3.37. The SMILES string of the molecule is CCC(O)CC(=O)O[C@H]1CC2[C@@]3(C)CCC[C@@]4(C[C@@H]4C)C3CC[C@@]2(C)C2CCC3=C(C(=O)O[C@H]3C)[C@]21C. The van der Waals surface area contributed by atoms with Crippen LogP contribution in [0.2, 0.25) is 0 Å². The molecule has 0 aromatic rings. The lowest BCUT2D eigenvalue weighted by Gasteiger charge is -2.69. The summed E-state index contributed by atoms with van der Waals surface area (Å²) in [6.07, 6.45) is 9.87. The van der Waals surface area contributed by atoms with Crippen molar-refractivity contribution in [2.24, 2.45) is 45.3 Å². The molecule has 0 saturated heterocycles. The van der Waals surface area contributed by atoms with E-state index in [2.05, 4.69) is 27.7 Å². The van der Waals surface area contributed by atoms with E-state index in [0.717, 1.165) is 42.2 Å². The fraction of sp³-hybridized carbons (Fsp3) is 0.875. The summed E-state index contributed by atoms with van der Waals surface area (Å²) in [6.45, 7) is 13.6. The molecule has 0 bridgehead atoms. The number of aliphatic hydroxyl groups is 1. The number of carbonyl (C=O) groups is 2. The highest BCUT2D eigenvalue weighted by Gasteiger charge is 2.72. The van der Waals surface area contributed by atoms with Crippen LogP contribution in [0, 0.1) is 45.3 Å². The number of cyclic esters (lactones) is 1. The van der Waals surface area contributed by atoms with Gasteiger partial charge in [0.05, 0.1) is 12.5 Å². The molecular formula is C32H48O5. The molecule has 0 radical (unpaired) electrons. The highest BCUT2D eigenvalue weighted by atomic mass is 16.6. The van der Waals surface area contributed by atoms with Crippen LogP contribution in [0.4, 0.5) is 0 Å². The minimum atomic E-state index is -0.686. The lowest BCUT2D eigenvalue weighted by Crippen LogP contribution is -2.65. The molecule has 4 unspecified atom stereocenters. The number of ether oxygens (including phenoxy) is 2. The summed E-state index contributed by atoms with van der Waals surface area (Å²) in [5.74, 6) is 1.79. The molecule has 0 aromatic carbocycles. The second-order valence-corrected chi connectivity index (χ2v) is 14.6. The molecule has 5 nitrogen and oxygen atoms in total. The Kier molecular flexibility index (Phi) is 5.82. The van der Waals surface area contributed by atoms with Crippen LogP contribution in [0.15, 0.2) is 11.1 Å². The minimum absolute atomic E-state index is 0.0168. The third-order valence-corrected chi connectivity index (χ3v) is 13.2. The van der Waals surface area contributed by atoms with E-state index in [9.17, 15) is 14.7 Å². The van der Waals surface area contributed by atoms with Crippen LogP contribution in [0.3, 0.4) is 0 Å². The maximum Gasteiger partial charge on any atom is 0.335 e. The van der Waals surface area contributed by atoms with E-state index in [-0.39, 0.29) is 47.3 Å². The van der Waals surface area contributed by atoms with Gasteiger partial charge in [0.15, 0.2) is 0 Å². The van der Waals surface area contributed by atoms with Crippen LogP contribution in [0.1, 0.15) is 112 Å². The maximum atomic E-state index is 13.4. The Balaban J connectivity index is 1.43. The van der Waals surface area contributed by atoms with Crippen molar-refractivity contribution in [1.29, 1.82) is 0 Å². The fourth-order valence-electron chi connectivity index (χ4n) is 11.4. The van der Waals surface area contributed by atoms with Crippen LogP contribution in [-0.4, -0.2) is 35.4 Å². The van der Waals surface area contributed by atoms with Gasteiger partial charge in [0.25, 0.3) is 0 Å². The van der Waals surface area contributed by atoms with Crippen molar-refractivity contribution in [2.75, 3.05) is 0 Å². The molecule has 5 heteroatoms. The Morgan fingerprint density at radius 1 is 1.08 bits per heavy atom. The fourth-order valence-corrected chi connectivity index (χ4v) is 11.4. The molecule has 11 atom stereocenters. The highest BCUT2D eigenvalue weighted by Crippen LogP contribution is 2.78. The van der Waals surface area contributed by atoms with Gasteiger partial charge in [-0.15, -0.1) is 0 Å². The first-order chi connectivity index (χ1) is 17.4. The van der Waals surface area contributed by atoms with Gasteiger partial charge in [-0.1, -0.05) is 41.0 Å². The molecular weight excluding hydrogens is 464 g/mol. The van der Waals surface area contributed by atoms with Crippen molar-refractivity contribution in [3.8, 4) is 0 Å². The minimum Gasteiger partial charge on any atom is -0.461 e. The van der Waals surface area contributed by atoms with Gasteiger partial charge in [0.1, 0.15) is 12.2 Å². The molecule has 4 fully saturated rings. The first-order valence-electron chi connectivity index (χ1n) is 15.2. The average Bonchev–Trinajstić information content (AvgIpc) is 3.35. The Bertz CT molecular complexity index is 1030. The third-order valence-electron chi connectivity index (χ3n) is 13.2. The number of carbonyl (C=O) groups excluding carboxylic acids is 2. The maximum absolute atomic E-state index is 13.4. The molecule has 5 aliphatic carbocycles. The molecule has 1 heterocycles. The van der Waals surface area contributed by atoms with E-state index in [1.165, 1.54) is 38.5 Å². The van der Waals surface area contributed by atoms with Gasteiger partial charge in [-0.05, 0) is 110 Å². The predicted octanol–water partition coefficient (Wildman–Crippen LogP) is 6.37. The summed E-state index contributed by atoms with van der Waals surface area (Å²) in [5.41, 5.74) is 2.27. The lowest BCUT2D eigenvalue weighted by atomic mass is 9.35. The molecule has 1 N–H and O–H groups in total. The molecule has 206 valence electrons. The number of esters is 2. The molecule has 0 aromatic heterocycles. The number of aliphatic hydroxyl groups excluding tert-OH is 1. The standard InChI is InChI=1S/C32H48O5/c1-7-20(33)15-26(34)37-25-16-24-29(4)12-8-13-32(17-18(32)2)23(29)11-14-30(24,5)22-10-9-21-19(3)36-28(35)27(21)31(22,25)6/h18-20,22-25,33H,7-17H2,1-6H3/t18-,19-,20?,22?,23?,24?,25-,29-,30-,31+,32-/m0/s1. The Morgan fingerprint density at radius 3 is 2.46 bits per heavy atom. The number of rotatable bonds is 4. The lowest BCUT2D eigenvalue weighted by molar-refractivity contribution is -0.223. The van der Waals surface area contributed by atoms with Crippen LogP contribution in [0.5, 0.6) is 0 Å². The van der Waals surface area contributed by atoms with Gasteiger partial charge in [-0.2, -0.15) is 0 Å². The van der Waals surface area contributed by atoms with E-state index in [1.807, 2.05) is 13.8 Å². The Morgan fingerprint density at radius 2 is 1.78 bits per heavy atom. The van der Waals surface area contributed by atoms with Gasteiger partial charge >= 0.3 is 11.9 Å². The van der Waals surface area contributed by atoms with Gasteiger partial charge in [-0.25, -0.2) is 4.79 Å². The van der Waals surface area contributed by atoms with E-state index in [0.29, 0.717) is 17.8 Å². The average molecular weight is 513 g/mol. The van der Waals surface area contributed by atoms with Crippen molar-refractivity contribution < 1.29 is 24.2 Å². The van der Waals surface area contributed by atoms with Crippen LogP contribution in [-0.2, 0) is 19.1 Å². The molecule has 6 aliphatic rings. The normalized spacial score (nSPS) is 50.9. The number of fused-ring (bicyclic) bond motifs is 7. The second kappa shape index (κ2) is 8.32. The Hall–Kier alpha value is -1.36. The van der Waals surface area contributed by atoms with Gasteiger partial charge in [0, 0.05) is 11.0 Å². The topological polar surface area (TPSA) is 72.8 Å². The van der Waals surface area contributed by atoms with Crippen LogP contribution in [0.25, 0.3) is 0 Å². The smallest absolute Gasteiger partial charge is 0.335 e. The van der Waals surface area contributed by atoms with Crippen molar-refractivity contribution in [2.45, 2.75) is 130 Å². The molecule has 1 spiro atoms. The molecule has 6 rings (SSSR count). The van der Waals surface area contributed by atoms with Crippen LogP contribution >= 0.6 is 0 Å². The quantitative estimate of drug-likeness (QED) is 0.443. The second-order valence-electron chi connectivity index (χ2n) is 14.6. The highest BCUT2D eigenvalue weighted by molar-refractivity contribution is 5.94. The zero-order valence-electron chi connectivity index (χ0n) is 23.9. The van der Waals surface area contributed by atoms with Crippen LogP contribution < -0.4 is 0 Å². The van der Waals surface area contributed by atoms with Gasteiger partial charge in [-0.3, -0.25) is 4.79 Å². The first kappa shape index (κ1) is 25.9. The predicted molar refractivity (Wildman–Crippen MR) is 141 cm³/mol. The Labute approximate surface area is 223 Å². The summed E-state index contributed by atoms with van der Waals surface area (Å²) in [5, 5.41) is 10.2. The van der Waals surface area contributed by atoms with Gasteiger partial charge in [0.2, 0.25) is 0 Å². The molecule has 4 saturated carbocycles. The summed E-state index contributed by atoms with van der Waals surface area (Å²) in [6, 6.07) is 0. The van der Waals surface area contributed by atoms with E-state index in [4.69, 9.17) is 9.47 Å². The number of hydrogen-bond acceptors (Lipinski definition) is 5. The van der Waals surface area contributed by atoms with Crippen molar-refractivity contribution in [3.63, 3.8) is 0 Å². The summed E-state index contributed by atoms with van der Waals surface area (Å²) in [4.78, 5) is 26.5. The van der Waals surface area contributed by atoms with Crippen molar-refractivity contribution in [1.82, 2.24) is 0 Å². The van der Waals surface area contributed by atoms with Crippen molar-refractivity contribution >= 4 is 11.9 Å². The summed E-state index contributed by atoms with van der Waals surface area (Å²) >= 11 is 0.